The number of ether oxygens (including phenoxy) is 1. The van der Waals surface area contributed by atoms with Crippen molar-refractivity contribution in [2.75, 3.05) is 64.3 Å². The van der Waals surface area contributed by atoms with E-state index in [0.717, 1.165) is 44.5 Å². The Morgan fingerprint density at radius 2 is 1.69 bits per heavy atom. The molecule has 13 heteroatoms. The van der Waals surface area contributed by atoms with Crippen molar-refractivity contribution in [2.45, 2.75) is 52.7 Å². The van der Waals surface area contributed by atoms with Crippen molar-refractivity contribution in [1.29, 1.82) is 0 Å². The van der Waals surface area contributed by atoms with Gasteiger partial charge in [0.25, 0.3) is 5.91 Å². The number of aromatic nitrogens is 1. The standard InChI is InChI=1S/C40H43FN6O6.CH4/c1-40(2,3)53-39(51)43-23-10-13-46(21-23)34-30(41)18-28-33-37(34)52-32-20-27-26(24-8-5-6-9-25(24)35(27)48)19-31(32)47(33)22-29(36(28)49)38(50)42-11-7-12-45-16-14-44(4)15-17-45;/h5-6,8-9,18-20,22-23H,7,10-17,21H2,1-4H3,(H,42,50)(H,43,51);1H4/t23-;/m0./s1. The van der Waals surface area contributed by atoms with Crippen LogP contribution in [0, 0.1) is 5.82 Å². The van der Waals surface area contributed by atoms with E-state index in [2.05, 4.69) is 27.5 Å². The van der Waals surface area contributed by atoms with Crippen LogP contribution >= 0.6 is 0 Å². The third-order valence-corrected chi connectivity index (χ3v) is 10.5. The van der Waals surface area contributed by atoms with Crippen LogP contribution < -0.4 is 26.4 Å². The highest BCUT2D eigenvalue weighted by molar-refractivity contribution is 6.15. The van der Waals surface area contributed by atoms with Gasteiger partial charge < -0.3 is 38.9 Å². The van der Waals surface area contributed by atoms with E-state index in [1.54, 1.807) is 42.2 Å². The van der Waals surface area contributed by atoms with E-state index in [0.29, 0.717) is 46.7 Å². The van der Waals surface area contributed by atoms with Gasteiger partial charge in [0.2, 0.25) is 5.43 Å². The summed E-state index contributed by atoms with van der Waals surface area (Å²) in [6.45, 7) is 11.1. The predicted octanol–water partition coefficient (Wildman–Crippen LogP) is 5.55. The lowest BCUT2D eigenvalue weighted by atomic mass is 10.1. The fraction of sp³-hybridized carbons (Fsp3) is 0.415. The number of hydrogen-bond acceptors (Lipinski definition) is 9. The summed E-state index contributed by atoms with van der Waals surface area (Å²) < 4.78 is 30.1. The van der Waals surface area contributed by atoms with Gasteiger partial charge in [-0.2, -0.15) is 0 Å². The summed E-state index contributed by atoms with van der Waals surface area (Å²) in [5.41, 5.74) is -0.219. The van der Waals surface area contributed by atoms with Gasteiger partial charge in [0.1, 0.15) is 22.4 Å². The number of nitrogens with one attached hydrogen (secondary N) is 2. The lowest BCUT2D eigenvalue weighted by Gasteiger charge is -2.32. The zero-order valence-corrected chi connectivity index (χ0v) is 30.4. The first-order chi connectivity index (χ1) is 25.4. The molecule has 12 nitrogen and oxygen atoms in total. The monoisotopic (exact) mass is 738 g/mol. The summed E-state index contributed by atoms with van der Waals surface area (Å²) in [6, 6.07) is 11.7. The Bertz CT molecular complexity index is 2530. The molecule has 0 spiro atoms. The minimum absolute atomic E-state index is 0. The van der Waals surface area contributed by atoms with E-state index in [4.69, 9.17) is 9.15 Å². The number of alkyl carbamates (subject to hydrolysis) is 1. The molecule has 6 aromatic rings. The van der Waals surface area contributed by atoms with Gasteiger partial charge >= 0.3 is 6.09 Å². The van der Waals surface area contributed by atoms with Gasteiger partial charge in [-0.1, -0.05) is 31.7 Å². The molecule has 0 saturated carbocycles. The number of halogens is 1. The van der Waals surface area contributed by atoms with Gasteiger partial charge in [-0.15, -0.1) is 0 Å². The molecular formula is C41H47FN6O6. The lowest BCUT2D eigenvalue weighted by molar-refractivity contribution is 0.0508. The van der Waals surface area contributed by atoms with Gasteiger partial charge in [-0.25, -0.2) is 9.18 Å². The number of anilines is 1. The van der Waals surface area contributed by atoms with Crippen molar-refractivity contribution in [3.05, 3.63) is 80.5 Å². The first kappa shape index (κ1) is 37.1. The molecule has 2 fully saturated rings. The van der Waals surface area contributed by atoms with Crippen LogP contribution in [0.4, 0.5) is 14.9 Å². The van der Waals surface area contributed by atoms with Crippen LogP contribution in [0.3, 0.4) is 0 Å². The number of amides is 2. The van der Waals surface area contributed by atoms with Crippen LogP contribution in [0.5, 0.6) is 0 Å². The molecule has 2 aliphatic heterocycles. The average Bonchev–Trinajstić information content (AvgIpc) is 3.68. The predicted molar refractivity (Wildman–Crippen MR) is 211 cm³/mol. The van der Waals surface area contributed by atoms with Gasteiger partial charge in [0, 0.05) is 62.8 Å². The molecule has 8 rings (SSSR count). The summed E-state index contributed by atoms with van der Waals surface area (Å²) in [7, 11) is 2.10. The highest BCUT2D eigenvalue weighted by Crippen LogP contribution is 2.38. The van der Waals surface area contributed by atoms with Gasteiger partial charge in [0.15, 0.2) is 22.4 Å². The first-order valence-corrected chi connectivity index (χ1v) is 18.2. The van der Waals surface area contributed by atoms with E-state index in [-0.39, 0.29) is 53.2 Å². The van der Waals surface area contributed by atoms with E-state index in [9.17, 15) is 19.2 Å². The topological polar surface area (TPSA) is 129 Å². The zero-order valence-electron chi connectivity index (χ0n) is 30.4. The summed E-state index contributed by atoms with van der Waals surface area (Å²) in [5, 5.41) is 8.28. The smallest absolute Gasteiger partial charge is 0.407 e. The van der Waals surface area contributed by atoms with Crippen molar-refractivity contribution < 1.29 is 23.1 Å². The van der Waals surface area contributed by atoms with Crippen molar-refractivity contribution >= 4 is 66.8 Å². The normalized spacial score (nSPS) is 17.2. The zero-order chi connectivity index (χ0) is 37.2. The third-order valence-electron chi connectivity index (χ3n) is 10.5. The number of benzene rings is 3. The second kappa shape index (κ2) is 14.2. The van der Waals surface area contributed by atoms with Crippen LogP contribution in [-0.2, 0) is 4.74 Å². The molecule has 2 N–H and O–H groups in total. The highest BCUT2D eigenvalue weighted by atomic mass is 19.1. The van der Waals surface area contributed by atoms with E-state index in [1.807, 2.05) is 24.3 Å². The Hall–Kier alpha value is -5.27. The van der Waals surface area contributed by atoms with Crippen molar-refractivity contribution in [3.8, 4) is 0 Å². The maximum Gasteiger partial charge on any atom is 0.407 e. The SMILES string of the molecule is C.CN1CCN(CCCNC(=O)c2cn3c4cc5c(cc4oc4c(N6CC[C@H](NC(=O)OC(C)(C)C)C6)c(F)cc(c2=O)c43)c(=O)c2ccccc25)CC1. The molecule has 54 heavy (non-hydrogen) atoms. The van der Waals surface area contributed by atoms with E-state index < -0.39 is 28.8 Å². The largest absolute Gasteiger partial charge is 0.451 e. The fourth-order valence-electron chi connectivity index (χ4n) is 7.81. The molecule has 2 amide bonds. The summed E-state index contributed by atoms with van der Waals surface area (Å²) in [5.74, 6) is -1.25. The second-order valence-corrected chi connectivity index (χ2v) is 15.3. The molecule has 0 aliphatic carbocycles. The Kier molecular flexibility index (Phi) is 9.73. The van der Waals surface area contributed by atoms with Crippen molar-refractivity contribution in [2.24, 2.45) is 0 Å². The van der Waals surface area contributed by atoms with Crippen molar-refractivity contribution in [1.82, 2.24) is 24.8 Å². The molecular weight excluding hydrogens is 691 g/mol. The fourth-order valence-corrected chi connectivity index (χ4v) is 7.81. The van der Waals surface area contributed by atoms with Crippen LogP contribution in [0.15, 0.2) is 62.7 Å². The summed E-state index contributed by atoms with van der Waals surface area (Å²) in [6.07, 6.45) is 2.18. The molecule has 2 aromatic heterocycles. The average molecular weight is 739 g/mol. The minimum atomic E-state index is -0.702. The first-order valence-electron chi connectivity index (χ1n) is 18.2. The Morgan fingerprint density at radius 1 is 0.944 bits per heavy atom. The number of hydrogen-bond donors (Lipinski definition) is 2. The van der Waals surface area contributed by atoms with Crippen molar-refractivity contribution in [3.63, 3.8) is 0 Å². The van der Waals surface area contributed by atoms with E-state index in [1.165, 1.54) is 12.3 Å². The number of nitrogens with zero attached hydrogens (tertiary/aromatic N) is 4. The van der Waals surface area contributed by atoms with Crippen LogP contribution in [0.2, 0.25) is 0 Å². The Morgan fingerprint density at radius 3 is 2.43 bits per heavy atom. The lowest BCUT2D eigenvalue weighted by Crippen LogP contribution is -2.45. The molecule has 2 saturated heterocycles. The quantitative estimate of drug-likeness (QED) is 0.123. The molecule has 284 valence electrons. The maximum atomic E-state index is 16.4. The van der Waals surface area contributed by atoms with Gasteiger partial charge in [0.05, 0.1) is 16.9 Å². The van der Waals surface area contributed by atoms with Crippen LogP contribution in [-0.4, -0.2) is 97.2 Å². The molecule has 0 bridgehead atoms. The number of carbonyl (C=O) groups is 2. The Labute approximate surface area is 311 Å². The molecule has 4 aromatic carbocycles. The minimum Gasteiger partial charge on any atom is -0.451 e. The Balaban J connectivity index is 0.00000450. The molecule has 0 radical (unpaired) electrons. The molecule has 4 heterocycles. The maximum absolute atomic E-state index is 16.4. The summed E-state index contributed by atoms with van der Waals surface area (Å²) >= 11 is 0. The molecule has 0 unspecified atom stereocenters. The van der Waals surface area contributed by atoms with Gasteiger partial charge in [-0.05, 0) is 76.2 Å². The third kappa shape index (κ3) is 6.70. The number of pyridine rings is 1. The molecule has 1 atom stereocenters. The number of carbonyl (C=O) groups excluding carboxylic acids is 2. The summed E-state index contributed by atoms with van der Waals surface area (Å²) in [4.78, 5) is 60.2. The highest BCUT2D eigenvalue weighted by Gasteiger charge is 2.32. The second-order valence-electron chi connectivity index (χ2n) is 15.3. The van der Waals surface area contributed by atoms with Crippen LogP contribution in [0.1, 0.15) is 51.4 Å². The van der Waals surface area contributed by atoms with E-state index >= 15 is 4.39 Å². The van der Waals surface area contributed by atoms with Gasteiger partial charge in [-0.3, -0.25) is 14.4 Å². The number of rotatable bonds is 7. The van der Waals surface area contributed by atoms with Crippen LogP contribution in [0.25, 0.3) is 49.1 Å². The molecule has 2 aliphatic rings. The number of fused-ring (bicyclic) bond motifs is 5. The number of likely N-dealkylation sites (N-methyl/N-ethyl adjacent to an activating group) is 1. The number of piperazine rings is 1.